The number of ether oxygens (including phenoxy) is 1. The van der Waals surface area contributed by atoms with Crippen molar-refractivity contribution in [2.75, 3.05) is 13.7 Å². The van der Waals surface area contributed by atoms with Crippen LogP contribution in [0.25, 0.3) is 0 Å². The van der Waals surface area contributed by atoms with Crippen LogP contribution in [-0.4, -0.2) is 19.8 Å². The van der Waals surface area contributed by atoms with Crippen molar-refractivity contribution in [3.05, 3.63) is 29.3 Å². The number of hydrogen-bond acceptors (Lipinski definition) is 2. The second-order valence-corrected chi connectivity index (χ2v) is 5.16. The number of hydrogen-bond donors (Lipinski definition) is 1. The van der Waals surface area contributed by atoms with Gasteiger partial charge in [0.1, 0.15) is 5.75 Å². The van der Waals surface area contributed by atoms with Gasteiger partial charge in [-0.2, -0.15) is 13.2 Å². The summed E-state index contributed by atoms with van der Waals surface area (Å²) in [6, 6.07) is 6.16. The molecule has 112 valence electrons. The molecule has 0 saturated heterocycles. The lowest BCUT2D eigenvalue weighted by atomic mass is 9.87. The molecule has 0 aromatic heterocycles. The maximum atomic E-state index is 12.0. The van der Waals surface area contributed by atoms with Gasteiger partial charge in [0.15, 0.2) is 0 Å². The van der Waals surface area contributed by atoms with Gasteiger partial charge in [-0.15, -0.1) is 0 Å². The van der Waals surface area contributed by atoms with E-state index in [0.717, 1.165) is 19.3 Å². The van der Waals surface area contributed by atoms with E-state index in [-0.39, 0.29) is 13.0 Å². The zero-order valence-corrected chi connectivity index (χ0v) is 11.6. The van der Waals surface area contributed by atoms with Crippen molar-refractivity contribution in [3.8, 4) is 5.75 Å². The van der Waals surface area contributed by atoms with Crippen LogP contribution in [0.15, 0.2) is 18.2 Å². The molecule has 2 rings (SSSR count). The fourth-order valence-corrected chi connectivity index (χ4v) is 2.63. The van der Waals surface area contributed by atoms with Crippen LogP contribution in [0.4, 0.5) is 13.2 Å². The van der Waals surface area contributed by atoms with Gasteiger partial charge in [-0.25, -0.2) is 0 Å². The number of halogens is 3. The van der Waals surface area contributed by atoms with Gasteiger partial charge in [-0.1, -0.05) is 6.07 Å². The summed E-state index contributed by atoms with van der Waals surface area (Å²) in [5.41, 5.74) is 2.52. The van der Waals surface area contributed by atoms with Crippen molar-refractivity contribution in [1.82, 2.24) is 5.32 Å². The molecule has 5 heteroatoms. The van der Waals surface area contributed by atoms with E-state index in [1.807, 2.05) is 25.2 Å². The Morgan fingerprint density at radius 2 is 2.15 bits per heavy atom. The fraction of sp³-hybridized carbons (Fsp3) is 0.600. The number of aryl methyl sites for hydroxylation is 1. The summed E-state index contributed by atoms with van der Waals surface area (Å²) in [6.45, 7) is 0.0997. The molecular weight excluding hydrogens is 267 g/mol. The number of alkyl halides is 3. The molecule has 20 heavy (non-hydrogen) atoms. The van der Waals surface area contributed by atoms with Crippen LogP contribution in [0.2, 0.25) is 0 Å². The van der Waals surface area contributed by atoms with E-state index in [1.165, 1.54) is 11.1 Å². The molecule has 0 aliphatic heterocycles. The molecule has 1 aromatic carbocycles. The van der Waals surface area contributed by atoms with E-state index >= 15 is 0 Å². The molecule has 1 aliphatic rings. The largest absolute Gasteiger partial charge is 0.494 e. The van der Waals surface area contributed by atoms with Crippen molar-refractivity contribution in [2.24, 2.45) is 0 Å². The van der Waals surface area contributed by atoms with E-state index < -0.39 is 12.6 Å². The zero-order valence-electron chi connectivity index (χ0n) is 11.6. The first-order chi connectivity index (χ1) is 9.49. The third-order valence-corrected chi connectivity index (χ3v) is 3.65. The van der Waals surface area contributed by atoms with Crippen LogP contribution in [-0.2, 0) is 6.42 Å². The summed E-state index contributed by atoms with van der Waals surface area (Å²) >= 11 is 0. The lowest BCUT2D eigenvalue weighted by Crippen LogP contribution is -2.21. The average molecular weight is 287 g/mol. The van der Waals surface area contributed by atoms with Crippen LogP contribution < -0.4 is 10.1 Å². The number of rotatable bonds is 5. The van der Waals surface area contributed by atoms with Crippen molar-refractivity contribution >= 4 is 0 Å². The lowest BCUT2D eigenvalue weighted by Gasteiger charge is -2.25. The normalized spacial score (nSPS) is 18.7. The average Bonchev–Trinajstić information content (AvgIpc) is 2.41. The molecule has 1 N–H and O–H groups in total. The Kier molecular flexibility index (Phi) is 4.91. The summed E-state index contributed by atoms with van der Waals surface area (Å²) in [4.78, 5) is 0. The maximum Gasteiger partial charge on any atom is 0.389 e. The summed E-state index contributed by atoms with van der Waals surface area (Å²) in [7, 11) is 1.93. The van der Waals surface area contributed by atoms with Gasteiger partial charge >= 0.3 is 6.18 Å². The molecule has 1 atom stereocenters. The SMILES string of the molecule is CNC1CCCc2ccc(OCCCC(F)(F)F)cc21. The highest BCUT2D eigenvalue weighted by Crippen LogP contribution is 2.32. The highest BCUT2D eigenvalue weighted by atomic mass is 19.4. The highest BCUT2D eigenvalue weighted by Gasteiger charge is 2.26. The molecular formula is C15H20F3NO. The second-order valence-electron chi connectivity index (χ2n) is 5.16. The van der Waals surface area contributed by atoms with Gasteiger partial charge in [0, 0.05) is 12.5 Å². The van der Waals surface area contributed by atoms with Gasteiger partial charge < -0.3 is 10.1 Å². The topological polar surface area (TPSA) is 21.3 Å². The van der Waals surface area contributed by atoms with E-state index in [1.54, 1.807) is 0 Å². The molecule has 0 spiro atoms. The maximum absolute atomic E-state index is 12.0. The van der Waals surface area contributed by atoms with Gasteiger partial charge in [0.2, 0.25) is 0 Å². The zero-order chi connectivity index (χ0) is 14.6. The monoisotopic (exact) mass is 287 g/mol. The molecule has 0 fully saturated rings. The Hall–Kier alpha value is -1.23. The Morgan fingerprint density at radius 3 is 2.85 bits per heavy atom. The van der Waals surface area contributed by atoms with E-state index in [2.05, 4.69) is 5.32 Å². The number of fused-ring (bicyclic) bond motifs is 1. The highest BCUT2D eigenvalue weighted by molar-refractivity contribution is 5.39. The molecule has 1 aliphatic carbocycles. The summed E-state index contributed by atoms with van der Waals surface area (Å²) in [5, 5.41) is 3.27. The van der Waals surface area contributed by atoms with Crippen molar-refractivity contribution in [1.29, 1.82) is 0 Å². The first-order valence-corrected chi connectivity index (χ1v) is 6.99. The van der Waals surface area contributed by atoms with Crippen LogP contribution in [0, 0.1) is 0 Å². The molecule has 1 unspecified atom stereocenters. The fourth-order valence-electron chi connectivity index (χ4n) is 2.63. The van der Waals surface area contributed by atoms with Gasteiger partial charge in [-0.05, 0) is 56.0 Å². The molecule has 0 amide bonds. The van der Waals surface area contributed by atoms with Crippen LogP contribution >= 0.6 is 0 Å². The number of nitrogens with one attached hydrogen (secondary N) is 1. The van der Waals surface area contributed by atoms with Crippen LogP contribution in [0.1, 0.15) is 42.9 Å². The minimum atomic E-state index is -4.10. The van der Waals surface area contributed by atoms with Crippen molar-refractivity contribution in [2.45, 2.75) is 44.3 Å². The van der Waals surface area contributed by atoms with Gasteiger partial charge in [0.25, 0.3) is 0 Å². The summed E-state index contributed by atoms with van der Waals surface area (Å²) in [6.07, 6.45) is -1.60. The minimum absolute atomic E-state index is 0.00393. The van der Waals surface area contributed by atoms with Crippen molar-refractivity contribution < 1.29 is 17.9 Å². The molecule has 0 bridgehead atoms. The second kappa shape index (κ2) is 6.48. The number of benzene rings is 1. The Bertz CT molecular complexity index is 445. The predicted molar refractivity (Wildman–Crippen MR) is 72.0 cm³/mol. The Morgan fingerprint density at radius 1 is 1.35 bits per heavy atom. The van der Waals surface area contributed by atoms with Crippen LogP contribution in [0.3, 0.4) is 0 Å². The third-order valence-electron chi connectivity index (χ3n) is 3.65. The first-order valence-electron chi connectivity index (χ1n) is 6.99. The Balaban J connectivity index is 1.93. The van der Waals surface area contributed by atoms with Crippen molar-refractivity contribution in [3.63, 3.8) is 0 Å². The molecule has 0 radical (unpaired) electrons. The third kappa shape index (κ3) is 4.13. The van der Waals surface area contributed by atoms with Crippen LogP contribution in [0.5, 0.6) is 5.75 Å². The van der Waals surface area contributed by atoms with E-state index in [9.17, 15) is 13.2 Å². The smallest absolute Gasteiger partial charge is 0.389 e. The predicted octanol–water partition coefficient (Wildman–Crippen LogP) is 4.00. The molecule has 0 saturated carbocycles. The molecule has 0 heterocycles. The molecule has 1 aromatic rings. The Labute approximate surface area is 117 Å². The molecule has 2 nitrogen and oxygen atoms in total. The van der Waals surface area contributed by atoms with Gasteiger partial charge in [0.05, 0.1) is 6.61 Å². The van der Waals surface area contributed by atoms with E-state index in [4.69, 9.17) is 4.74 Å². The van der Waals surface area contributed by atoms with Gasteiger partial charge in [-0.3, -0.25) is 0 Å². The minimum Gasteiger partial charge on any atom is -0.494 e. The summed E-state index contributed by atoms with van der Waals surface area (Å²) in [5.74, 6) is 0.660. The van der Waals surface area contributed by atoms with E-state index in [0.29, 0.717) is 11.8 Å². The quantitative estimate of drug-likeness (QED) is 0.826. The summed E-state index contributed by atoms with van der Waals surface area (Å²) < 4.78 is 41.6. The standard InChI is InChI=1S/C15H20F3NO/c1-19-14-5-2-4-11-6-7-12(10-13(11)14)20-9-3-8-15(16,17)18/h6-7,10,14,19H,2-5,8-9H2,1H3. The lowest BCUT2D eigenvalue weighted by molar-refractivity contribution is -0.136. The first kappa shape index (κ1) is 15.2.